The lowest BCUT2D eigenvalue weighted by molar-refractivity contribution is 0.190. The molecule has 5 atom stereocenters. The van der Waals surface area contributed by atoms with E-state index in [1.807, 2.05) is 0 Å². The van der Waals surface area contributed by atoms with Gasteiger partial charge in [0.15, 0.2) is 0 Å². The van der Waals surface area contributed by atoms with E-state index >= 15 is 0 Å². The van der Waals surface area contributed by atoms with E-state index in [2.05, 4.69) is 50.4 Å². The molecule has 1 heterocycles. The normalized spacial score (nSPS) is 37.0. The summed E-state index contributed by atoms with van der Waals surface area (Å²) in [6.45, 7) is 7.22. The summed E-state index contributed by atoms with van der Waals surface area (Å²) in [5, 5.41) is 3.64. The van der Waals surface area contributed by atoms with Crippen LogP contribution in [0.5, 0.6) is 0 Å². The van der Waals surface area contributed by atoms with Gasteiger partial charge >= 0.3 is 0 Å². The van der Waals surface area contributed by atoms with Gasteiger partial charge in [0.25, 0.3) is 0 Å². The Morgan fingerprint density at radius 1 is 1.00 bits per heavy atom. The molecule has 1 aromatic rings. The average Bonchev–Trinajstić information content (AvgIpc) is 2.43. The molecule has 110 valence electrons. The molecular formula is C19H29N. The van der Waals surface area contributed by atoms with Crippen molar-refractivity contribution in [3.63, 3.8) is 0 Å². The maximum Gasteiger partial charge on any atom is 0.0377 e. The maximum atomic E-state index is 3.64. The number of benzene rings is 1. The van der Waals surface area contributed by atoms with Crippen LogP contribution >= 0.6 is 0 Å². The Balaban J connectivity index is 1.71. The van der Waals surface area contributed by atoms with Crippen LogP contribution in [-0.2, 0) is 0 Å². The highest BCUT2D eigenvalue weighted by Crippen LogP contribution is 2.43. The van der Waals surface area contributed by atoms with Crippen LogP contribution in [0.3, 0.4) is 0 Å². The fourth-order valence-electron chi connectivity index (χ4n) is 4.36. The molecule has 20 heavy (non-hydrogen) atoms. The number of hydrogen-bond donors (Lipinski definition) is 1. The lowest BCUT2D eigenvalue weighted by atomic mass is 9.71. The summed E-state index contributed by atoms with van der Waals surface area (Å²) in [7, 11) is 0. The van der Waals surface area contributed by atoms with Gasteiger partial charge in [-0.2, -0.15) is 0 Å². The van der Waals surface area contributed by atoms with Gasteiger partial charge in [-0.3, -0.25) is 0 Å². The molecule has 2 aliphatic rings. The highest BCUT2D eigenvalue weighted by atomic mass is 14.9. The predicted molar refractivity (Wildman–Crippen MR) is 87.2 cm³/mol. The first-order chi connectivity index (χ1) is 9.63. The Hall–Kier alpha value is -0.980. The van der Waals surface area contributed by atoms with Crippen molar-refractivity contribution in [2.75, 3.05) is 5.32 Å². The molecule has 1 nitrogen and oxygen atoms in total. The van der Waals surface area contributed by atoms with Crippen LogP contribution in [0, 0.1) is 17.8 Å². The van der Waals surface area contributed by atoms with Crippen LogP contribution in [0.25, 0.3) is 0 Å². The van der Waals surface area contributed by atoms with Gasteiger partial charge in [-0.05, 0) is 61.5 Å². The van der Waals surface area contributed by atoms with Crippen LogP contribution in [-0.4, -0.2) is 6.04 Å². The zero-order valence-electron chi connectivity index (χ0n) is 13.2. The highest BCUT2D eigenvalue weighted by molar-refractivity contribution is 5.55. The summed E-state index contributed by atoms with van der Waals surface area (Å²) in [6.07, 6.45) is 7.04. The predicted octanol–water partition coefficient (Wildman–Crippen LogP) is 5.44. The van der Waals surface area contributed by atoms with Gasteiger partial charge in [0.05, 0.1) is 0 Å². The van der Waals surface area contributed by atoms with Crippen molar-refractivity contribution in [3.05, 3.63) is 29.8 Å². The van der Waals surface area contributed by atoms with Gasteiger partial charge in [0.1, 0.15) is 0 Å². The third-order valence-corrected chi connectivity index (χ3v) is 5.77. The molecule has 1 aromatic carbocycles. The van der Waals surface area contributed by atoms with Gasteiger partial charge in [0.2, 0.25) is 0 Å². The molecule has 0 aromatic heterocycles. The Morgan fingerprint density at radius 3 is 2.60 bits per heavy atom. The smallest absolute Gasteiger partial charge is 0.0377 e. The molecule has 0 spiro atoms. The van der Waals surface area contributed by atoms with Crippen molar-refractivity contribution in [2.45, 2.75) is 64.8 Å². The molecule has 0 saturated heterocycles. The largest absolute Gasteiger partial charge is 0.382 e. The van der Waals surface area contributed by atoms with Crippen LogP contribution in [0.4, 0.5) is 5.69 Å². The van der Waals surface area contributed by atoms with Gasteiger partial charge in [-0.25, -0.2) is 0 Å². The number of hydrogen-bond acceptors (Lipinski definition) is 1. The molecule has 1 aliphatic carbocycles. The molecular weight excluding hydrogens is 242 g/mol. The minimum atomic E-state index is 0.620. The second-order valence-electron chi connectivity index (χ2n) is 7.43. The van der Waals surface area contributed by atoms with Gasteiger partial charge in [-0.15, -0.1) is 0 Å². The Bertz CT molecular complexity index is 453. The van der Waals surface area contributed by atoms with Gasteiger partial charge in [-0.1, -0.05) is 44.9 Å². The van der Waals surface area contributed by atoms with E-state index in [0.29, 0.717) is 6.04 Å². The molecule has 1 aliphatic heterocycles. The number of fused-ring (bicyclic) bond motifs is 1. The third kappa shape index (κ3) is 2.87. The van der Waals surface area contributed by atoms with Crippen molar-refractivity contribution in [2.24, 2.45) is 17.8 Å². The zero-order valence-corrected chi connectivity index (χ0v) is 13.2. The van der Waals surface area contributed by atoms with Gasteiger partial charge in [0, 0.05) is 11.7 Å². The first kappa shape index (κ1) is 14.0. The van der Waals surface area contributed by atoms with E-state index in [-0.39, 0.29) is 0 Å². The monoisotopic (exact) mass is 271 g/mol. The summed E-state index contributed by atoms with van der Waals surface area (Å²) in [5.74, 6) is 3.58. The molecule has 0 bridgehead atoms. The number of nitrogens with one attached hydrogen (secondary N) is 1. The highest BCUT2D eigenvalue weighted by Gasteiger charge is 2.30. The molecule has 3 rings (SSSR count). The minimum absolute atomic E-state index is 0.620. The third-order valence-electron chi connectivity index (χ3n) is 5.77. The van der Waals surface area contributed by atoms with Crippen molar-refractivity contribution in [3.8, 4) is 0 Å². The first-order valence-corrected chi connectivity index (χ1v) is 8.49. The molecule has 1 N–H and O–H groups in total. The maximum absolute atomic E-state index is 3.64. The lowest BCUT2D eigenvalue weighted by Crippen LogP contribution is -2.28. The Labute approximate surface area is 124 Å². The second kappa shape index (κ2) is 5.79. The van der Waals surface area contributed by atoms with Crippen LogP contribution in [0.1, 0.15) is 64.4 Å². The summed E-state index contributed by atoms with van der Waals surface area (Å²) in [5.41, 5.74) is 2.95. The molecule has 1 fully saturated rings. The van der Waals surface area contributed by atoms with Crippen LogP contribution in [0.15, 0.2) is 24.3 Å². The second-order valence-corrected chi connectivity index (χ2v) is 7.43. The summed E-state index contributed by atoms with van der Waals surface area (Å²) < 4.78 is 0. The van der Waals surface area contributed by atoms with Crippen molar-refractivity contribution in [1.82, 2.24) is 0 Å². The summed E-state index contributed by atoms with van der Waals surface area (Å²) in [4.78, 5) is 0. The van der Waals surface area contributed by atoms with E-state index < -0.39 is 0 Å². The van der Waals surface area contributed by atoms with Gasteiger partial charge < -0.3 is 5.32 Å². The number of anilines is 1. The summed E-state index contributed by atoms with van der Waals surface area (Å²) >= 11 is 0. The lowest BCUT2D eigenvalue weighted by Gasteiger charge is -2.37. The first-order valence-electron chi connectivity index (χ1n) is 8.49. The summed E-state index contributed by atoms with van der Waals surface area (Å²) in [6, 6.07) is 9.58. The van der Waals surface area contributed by atoms with E-state index in [0.717, 1.165) is 23.7 Å². The Morgan fingerprint density at radius 2 is 1.80 bits per heavy atom. The molecule has 1 heteroatoms. The van der Waals surface area contributed by atoms with Crippen molar-refractivity contribution >= 4 is 5.69 Å². The van der Waals surface area contributed by atoms with E-state index in [4.69, 9.17) is 0 Å². The Kier molecular flexibility index (Phi) is 4.05. The minimum Gasteiger partial charge on any atom is -0.382 e. The SMILES string of the molecule is CC1CC(CC2CCC(C)C(C)C2)c2ccccc2N1. The van der Waals surface area contributed by atoms with Crippen LogP contribution in [0.2, 0.25) is 0 Å². The van der Waals surface area contributed by atoms with E-state index in [1.54, 1.807) is 5.56 Å². The number of rotatable bonds is 2. The van der Waals surface area contributed by atoms with E-state index in [1.165, 1.54) is 37.8 Å². The molecule has 0 radical (unpaired) electrons. The number of para-hydroxylation sites is 1. The molecule has 1 saturated carbocycles. The molecule has 5 unspecified atom stereocenters. The quantitative estimate of drug-likeness (QED) is 0.755. The fraction of sp³-hybridized carbons (Fsp3) is 0.684. The van der Waals surface area contributed by atoms with Crippen molar-refractivity contribution < 1.29 is 0 Å². The fourth-order valence-corrected chi connectivity index (χ4v) is 4.36. The average molecular weight is 271 g/mol. The topological polar surface area (TPSA) is 12.0 Å². The molecule has 0 amide bonds. The van der Waals surface area contributed by atoms with Crippen molar-refractivity contribution in [1.29, 1.82) is 0 Å². The standard InChI is InChI=1S/C19H29N/c1-13-8-9-16(10-14(13)2)12-17-11-15(3)20-19-7-5-4-6-18(17)19/h4-7,13-17,20H,8-12H2,1-3H3. The van der Waals surface area contributed by atoms with Crippen LogP contribution < -0.4 is 5.32 Å². The zero-order chi connectivity index (χ0) is 14.1. The van der Waals surface area contributed by atoms with E-state index in [9.17, 15) is 0 Å².